The summed E-state index contributed by atoms with van der Waals surface area (Å²) >= 11 is 1.87. The van der Waals surface area contributed by atoms with Crippen LogP contribution in [0.5, 0.6) is 11.5 Å². The van der Waals surface area contributed by atoms with Gasteiger partial charge in [-0.15, -0.1) is 11.3 Å². The van der Waals surface area contributed by atoms with Crippen LogP contribution in [-0.4, -0.2) is 13.2 Å². The van der Waals surface area contributed by atoms with Crippen molar-refractivity contribution >= 4 is 31.5 Å². The van der Waals surface area contributed by atoms with Crippen LogP contribution in [0.2, 0.25) is 0 Å². The van der Waals surface area contributed by atoms with Crippen LogP contribution in [0.4, 0.5) is 0 Å². The van der Waals surface area contributed by atoms with Gasteiger partial charge in [0.25, 0.3) is 0 Å². The van der Waals surface area contributed by atoms with E-state index in [0.717, 1.165) is 37.6 Å². The van der Waals surface area contributed by atoms with E-state index in [1.54, 1.807) is 0 Å². The zero-order chi connectivity index (χ0) is 20.6. The Hall–Kier alpha value is -1.74. The molecule has 0 bridgehead atoms. The van der Waals surface area contributed by atoms with Crippen molar-refractivity contribution in [3.8, 4) is 11.5 Å². The highest BCUT2D eigenvalue weighted by Gasteiger charge is 2.12. The van der Waals surface area contributed by atoms with Gasteiger partial charge in [0.15, 0.2) is 0 Å². The van der Waals surface area contributed by atoms with Gasteiger partial charge in [-0.25, -0.2) is 0 Å². The van der Waals surface area contributed by atoms with E-state index in [0.29, 0.717) is 0 Å². The first-order chi connectivity index (χ1) is 14.1. The molecule has 158 valence electrons. The summed E-state index contributed by atoms with van der Waals surface area (Å²) in [6, 6.07) is 9.04. The minimum atomic E-state index is 0.805. The second-order valence-corrected chi connectivity index (χ2v) is 9.23. The van der Waals surface area contributed by atoms with Crippen LogP contribution in [0.15, 0.2) is 24.3 Å². The first kappa shape index (κ1) is 22.0. The van der Waals surface area contributed by atoms with Gasteiger partial charge in [0, 0.05) is 20.2 Å². The number of hydrogen-bond donors (Lipinski definition) is 0. The van der Waals surface area contributed by atoms with Crippen molar-refractivity contribution in [2.45, 2.75) is 79.1 Å². The van der Waals surface area contributed by atoms with Crippen molar-refractivity contribution in [2.75, 3.05) is 13.2 Å². The van der Waals surface area contributed by atoms with E-state index in [1.165, 1.54) is 69.8 Å². The molecule has 0 radical (unpaired) electrons. The van der Waals surface area contributed by atoms with E-state index < -0.39 is 0 Å². The zero-order valence-electron chi connectivity index (χ0n) is 18.6. The van der Waals surface area contributed by atoms with Gasteiger partial charge in [0.2, 0.25) is 0 Å². The quantitative estimate of drug-likeness (QED) is 0.277. The standard InChI is InChI=1S/C26H36O2S/c1-5-7-9-11-13-27-23-17-21-22-18-24(28-14-12-10-8-6-2)20(4)16-26(22)29-25(21)15-19(23)3/h15-18H,5-14H2,1-4H3. The molecule has 0 saturated heterocycles. The molecule has 1 heterocycles. The fourth-order valence-electron chi connectivity index (χ4n) is 3.76. The van der Waals surface area contributed by atoms with Crippen molar-refractivity contribution in [1.29, 1.82) is 0 Å². The summed E-state index contributed by atoms with van der Waals surface area (Å²) < 4.78 is 14.9. The molecule has 0 fully saturated rings. The lowest BCUT2D eigenvalue weighted by Gasteiger charge is -2.10. The van der Waals surface area contributed by atoms with Gasteiger partial charge in [-0.05, 0) is 62.1 Å². The molecule has 1 aromatic heterocycles. The summed E-state index contributed by atoms with van der Waals surface area (Å²) in [6.45, 7) is 10.4. The van der Waals surface area contributed by atoms with Gasteiger partial charge >= 0.3 is 0 Å². The van der Waals surface area contributed by atoms with Gasteiger partial charge in [-0.2, -0.15) is 0 Å². The fourth-order valence-corrected chi connectivity index (χ4v) is 5.03. The molecule has 0 saturated carbocycles. The molecule has 0 spiro atoms. The summed E-state index contributed by atoms with van der Waals surface area (Å²) in [5.41, 5.74) is 2.45. The molecular weight excluding hydrogens is 376 g/mol. The Balaban J connectivity index is 1.79. The molecule has 0 amide bonds. The topological polar surface area (TPSA) is 18.5 Å². The second kappa shape index (κ2) is 10.9. The van der Waals surface area contributed by atoms with Crippen LogP contribution in [0.3, 0.4) is 0 Å². The molecule has 0 atom stereocenters. The molecule has 0 aliphatic rings. The van der Waals surface area contributed by atoms with E-state index in [4.69, 9.17) is 9.47 Å². The SMILES string of the molecule is CCCCCCOc1cc2c(cc1C)sc1cc(C)c(OCCCCCC)cc12. The number of thiophene rings is 1. The maximum Gasteiger partial charge on any atom is 0.122 e. The van der Waals surface area contributed by atoms with Crippen LogP contribution in [0.25, 0.3) is 20.2 Å². The molecule has 3 heteroatoms. The largest absolute Gasteiger partial charge is 0.493 e. The Bertz CT molecular complexity index is 851. The van der Waals surface area contributed by atoms with E-state index in [9.17, 15) is 0 Å². The van der Waals surface area contributed by atoms with Gasteiger partial charge in [-0.1, -0.05) is 52.4 Å². The van der Waals surface area contributed by atoms with Crippen molar-refractivity contribution < 1.29 is 9.47 Å². The number of unbranched alkanes of at least 4 members (excludes halogenated alkanes) is 6. The van der Waals surface area contributed by atoms with Crippen LogP contribution in [0.1, 0.15) is 76.3 Å². The van der Waals surface area contributed by atoms with Crippen molar-refractivity contribution in [3.05, 3.63) is 35.4 Å². The normalized spacial score (nSPS) is 11.4. The smallest absolute Gasteiger partial charge is 0.122 e. The maximum atomic E-state index is 6.14. The van der Waals surface area contributed by atoms with E-state index in [2.05, 4.69) is 52.0 Å². The molecular formula is C26H36O2S. The monoisotopic (exact) mass is 412 g/mol. The summed E-state index contributed by atoms with van der Waals surface area (Å²) in [4.78, 5) is 0. The summed E-state index contributed by atoms with van der Waals surface area (Å²) in [6.07, 6.45) is 9.85. The Morgan fingerprint density at radius 1 is 0.621 bits per heavy atom. The van der Waals surface area contributed by atoms with E-state index in [-0.39, 0.29) is 0 Å². The lowest BCUT2D eigenvalue weighted by molar-refractivity contribution is 0.303. The molecule has 2 aromatic carbocycles. The predicted molar refractivity (Wildman–Crippen MR) is 128 cm³/mol. The minimum absolute atomic E-state index is 0.805. The molecule has 0 N–H and O–H groups in total. The molecule has 29 heavy (non-hydrogen) atoms. The van der Waals surface area contributed by atoms with Gasteiger partial charge in [0.1, 0.15) is 11.5 Å². The Morgan fingerprint density at radius 2 is 1.07 bits per heavy atom. The maximum absolute atomic E-state index is 6.14. The molecule has 0 aliphatic carbocycles. The third-order valence-electron chi connectivity index (χ3n) is 5.58. The fraction of sp³-hybridized carbons (Fsp3) is 0.538. The average Bonchev–Trinajstić information content (AvgIpc) is 3.03. The van der Waals surface area contributed by atoms with Crippen molar-refractivity contribution in [2.24, 2.45) is 0 Å². The van der Waals surface area contributed by atoms with E-state index >= 15 is 0 Å². The number of hydrogen-bond acceptors (Lipinski definition) is 3. The molecule has 3 aromatic rings. The highest BCUT2D eigenvalue weighted by Crippen LogP contribution is 2.40. The molecule has 2 nitrogen and oxygen atoms in total. The third-order valence-corrected chi connectivity index (χ3v) is 6.69. The minimum Gasteiger partial charge on any atom is -0.493 e. The number of rotatable bonds is 12. The number of ether oxygens (including phenoxy) is 2. The lowest BCUT2D eigenvalue weighted by atomic mass is 10.1. The predicted octanol–water partition coefficient (Wildman–Crippen LogP) is 8.59. The van der Waals surface area contributed by atoms with Crippen molar-refractivity contribution in [1.82, 2.24) is 0 Å². The highest BCUT2D eigenvalue weighted by atomic mass is 32.1. The van der Waals surface area contributed by atoms with E-state index in [1.807, 2.05) is 11.3 Å². The summed E-state index contributed by atoms with van der Waals surface area (Å²) in [5, 5.41) is 2.57. The third kappa shape index (κ3) is 5.66. The van der Waals surface area contributed by atoms with Gasteiger partial charge in [-0.3, -0.25) is 0 Å². The first-order valence-corrected chi connectivity index (χ1v) is 12.2. The Morgan fingerprint density at radius 3 is 1.48 bits per heavy atom. The molecule has 0 aliphatic heterocycles. The molecule has 3 rings (SSSR count). The Kier molecular flexibility index (Phi) is 8.23. The van der Waals surface area contributed by atoms with Crippen LogP contribution in [0, 0.1) is 13.8 Å². The number of benzene rings is 2. The van der Waals surface area contributed by atoms with Gasteiger partial charge in [0.05, 0.1) is 13.2 Å². The Labute approximate surface area is 180 Å². The van der Waals surface area contributed by atoms with Crippen LogP contribution >= 0.6 is 11.3 Å². The molecule has 0 unspecified atom stereocenters. The average molecular weight is 413 g/mol. The highest BCUT2D eigenvalue weighted by molar-refractivity contribution is 7.25. The number of fused-ring (bicyclic) bond motifs is 3. The summed E-state index contributed by atoms with van der Waals surface area (Å²) in [5.74, 6) is 2.05. The van der Waals surface area contributed by atoms with Crippen molar-refractivity contribution in [3.63, 3.8) is 0 Å². The number of aryl methyl sites for hydroxylation is 2. The van der Waals surface area contributed by atoms with Gasteiger partial charge < -0.3 is 9.47 Å². The van der Waals surface area contributed by atoms with Crippen LogP contribution < -0.4 is 9.47 Å². The van der Waals surface area contributed by atoms with Crippen LogP contribution in [-0.2, 0) is 0 Å². The second-order valence-electron chi connectivity index (χ2n) is 8.15. The summed E-state index contributed by atoms with van der Waals surface area (Å²) in [7, 11) is 0. The lowest BCUT2D eigenvalue weighted by Crippen LogP contribution is -1.99. The zero-order valence-corrected chi connectivity index (χ0v) is 19.4. The first-order valence-electron chi connectivity index (χ1n) is 11.4.